The summed E-state index contributed by atoms with van der Waals surface area (Å²) in [5.41, 5.74) is 5.39. The van der Waals surface area contributed by atoms with E-state index in [0.29, 0.717) is 13.5 Å². The van der Waals surface area contributed by atoms with Crippen molar-refractivity contribution < 1.29 is 0 Å². The molecule has 0 bridgehead atoms. The second-order valence-corrected chi connectivity index (χ2v) is 7.81. The standard InChI is InChI=1S/C22H14ClN2P/c23-22-24-19(15-9-5-2-6-10-15)21-20(25-22)17-13-16(11-12-18(17)26-21)14-7-3-1-4-8-14/h1-13,26H. The molecule has 0 saturated carbocycles. The fourth-order valence-electron chi connectivity index (χ4n) is 3.35. The second-order valence-electron chi connectivity index (χ2n) is 6.18. The van der Waals surface area contributed by atoms with E-state index in [1.54, 1.807) is 0 Å². The Labute approximate surface area is 157 Å². The quantitative estimate of drug-likeness (QED) is 0.318. The molecule has 0 radical (unpaired) electrons. The van der Waals surface area contributed by atoms with Crippen LogP contribution in [-0.2, 0) is 0 Å². The summed E-state index contributed by atoms with van der Waals surface area (Å²) in [6.07, 6.45) is 0. The van der Waals surface area contributed by atoms with Gasteiger partial charge in [-0.2, -0.15) is 0 Å². The average Bonchev–Trinajstić information content (AvgIpc) is 3.06. The van der Waals surface area contributed by atoms with Crippen molar-refractivity contribution in [3.05, 3.63) is 84.1 Å². The van der Waals surface area contributed by atoms with Gasteiger partial charge in [-0.1, -0.05) is 66.7 Å². The fourth-order valence-corrected chi connectivity index (χ4v) is 4.90. The molecule has 0 aliphatic carbocycles. The molecule has 0 saturated heterocycles. The molecular formula is C22H14ClN2P. The molecule has 124 valence electrons. The monoisotopic (exact) mass is 372 g/mol. The van der Waals surface area contributed by atoms with Gasteiger partial charge < -0.3 is 0 Å². The number of nitrogens with zero attached hydrogens (tertiary/aromatic N) is 2. The molecular weight excluding hydrogens is 359 g/mol. The van der Waals surface area contributed by atoms with Crippen molar-refractivity contribution in [2.45, 2.75) is 0 Å². The summed E-state index contributed by atoms with van der Waals surface area (Å²) in [7, 11) is 0.542. The lowest BCUT2D eigenvalue weighted by Crippen LogP contribution is -1.88. The van der Waals surface area contributed by atoms with Gasteiger partial charge in [0.1, 0.15) is 0 Å². The van der Waals surface area contributed by atoms with Crippen molar-refractivity contribution in [2.24, 2.45) is 0 Å². The number of fused-ring (bicyclic) bond motifs is 3. The highest BCUT2D eigenvalue weighted by Crippen LogP contribution is 2.43. The predicted molar refractivity (Wildman–Crippen MR) is 112 cm³/mol. The smallest absolute Gasteiger partial charge is 0.217 e. The molecule has 2 aromatic heterocycles. The van der Waals surface area contributed by atoms with Crippen LogP contribution >= 0.6 is 19.8 Å². The van der Waals surface area contributed by atoms with E-state index >= 15 is 0 Å². The minimum atomic E-state index is 0.297. The lowest BCUT2D eigenvalue weighted by atomic mass is 10.0. The van der Waals surface area contributed by atoms with Crippen LogP contribution < -0.4 is 0 Å². The van der Waals surface area contributed by atoms with Gasteiger partial charge in [0.15, 0.2) is 0 Å². The topological polar surface area (TPSA) is 25.8 Å². The number of aromatic nitrogens is 2. The van der Waals surface area contributed by atoms with Gasteiger partial charge in [-0.05, 0) is 34.9 Å². The van der Waals surface area contributed by atoms with Crippen LogP contribution in [0.25, 0.3) is 43.5 Å². The van der Waals surface area contributed by atoms with Crippen molar-refractivity contribution in [3.8, 4) is 22.4 Å². The normalized spacial score (nSPS) is 11.6. The Kier molecular flexibility index (Phi) is 3.74. The zero-order valence-corrected chi connectivity index (χ0v) is 15.5. The summed E-state index contributed by atoms with van der Waals surface area (Å²) in [4.78, 5) is 9.12. The summed E-state index contributed by atoms with van der Waals surface area (Å²) in [5.74, 6) is 0. The first-order chi connectivity index (χ1) is 12.8. The van der Waals surface area contributed by atoms with Crippen LogP contribution in [0.5, 0.6) is 0 Å². The Morgan fingerprint density at radius 3 is 2.12 bits per heavy atom. The highest BCUT2D eigenvalue weighted by atomic mass is 35.5. The Hall–Kier alpha value is -2.67. The van der Waals surface area contributed by atoms with E-state index in [-0.39, 0.29) is 0 Å². The third-order valence-corrected chi connectivity index (χ3v) is 6.17. The third-order valence-electron chi connectivity index (χ3n) is 4.57. The molecule has 0 N–H and O–H groups in total. The molecule has 4 heteroatoms. The Balaban J connectivity index is 1.81. The van der Waals surface area contributed by atoms with E-state index in [1.807, 2.05) is 24.3 Å². The van der Waals surface area contributed by atoms with Crippen LogP contribution in [0, 0.1) is 0 Å². The average molecular weight is 373 g/mol. The molecule has 26 heavy (non-hydrogen) atoms. The van der Waals surface area contributed by atoms with Crippen molar-refractivity contribution in [2.75, 3.05) is 0 Å². The number of rotatable bonds is 2. The minimum absolute atomic E-state index is 0.297. The summed E-state index contributed by atoms with van der Waals surface area (Å²) < 4.78 is 0. The lowest BCUT2D eigenvalue weighted by molar-refractivity contribution is 1.24. The highest BCUT2D eigenvalue weighted by Gasteiger charge is 2.14. The van der Waals surface area contributed by atoms with Crippen molar-refractivity contribution in [3.63, 3.8) is 0 Å². The van der Waals surface area contributed by atoms with Crippen LogP contribution in [-0.4, -0.2) is 9.97 Å². The second kappa shape index (κ2) is 6.25. The van der Waals surface area contributed by atoms with E-state index in [4.69, 9.17) is 11.6 Å². The van der Waals surface area contributed by atoms with E-state index in [9.17, 15) is 0 Å². The number of halogens is 1. The predicted octanol–water partition coefficient (Wildman–Crippen LogP) is 6.80. The van der Waals surface area contributed by atoms with E-state index in [1.165, 1.54) is 26.7 Å². The molecule has 2 nitrogen and oxygen atoms in total. The zero-order chi connectivity index (χ0) is 17.5. The highest BCUT2D eigenvalue weighted by molar-refractivity contribution is 7.44. The van der Waals surface area contributed by atoms with Gasteiger partial charge in [-0.15, -0.1) is 8.19 Å². The van der Waals surface area contributed by atoms with Crippen molar-refractivity contribution in [1.29, 1.82) is 0 Å². The van der Waals surface area contributed by atoms with Gasteiger partial charge >= 0.3 is 0 Å². The summed E-state index contributed by atoms with van der Waals surface area (Å²) >= 11 is 6.28. The SMILES string of the molecule is Clc1nc(-c2ccccc2)c2[pH]c3ccc(-c4ccccc4)cc3c2n1. The van der Waals surface area contributed by atoms with Gasteiger partial charge in [-0.25, -0.2) is 9.97 Å². The lowest BCUT2D eigenvalue weighted by Gasteiger charge is -2.04. The number of benzene rings is 3. The fraction of sp³-hybridized carbons (Fsp3) is 0. The molecule has 5 rings (SSSR count). The molecule has 3 aromatic carbocycles. The summed E-state index contributed by atoms with van der Waals surface area (Å²) in [6, 6.07) is 27.2. The molecule has 0 fully saturated rings. The molecule has 0 aliphatic rings. The molecule has 0 aliphatic heterocycles. The molecule has 5 aromatic rings. The van der Waals surface area contributed by atoms with E-state index in [0.717, 1.165) is 16.8 Å². The van der Waals surface area contributed by atoms with Gasteiger partial charge in [0.05, 0.1) is 11.2 Å². The van der Waals surface area contributed by atoms with Crippen molar-refractivity contribution in [1.82, 2.24) is 9.97 Å². The van der Waals surface area contributed by atoms with Crippen LogP contribution in [0.3, 0.4) is 0 Å². The Morgan fingerprint density at radius 2 is 1.38 bits per heavy atom. The van der Waals surface area contributed by atoms with E-state index in [2.05, 4.69) is 64.6 Å². The largest absolute Gasteiger partial charge is 0.223 e. The summed E-state index contributed by atoms with van der Waals surface area (Å²) in [5, 5.41) is 3.95. The Bertz CT molecular complexity index is 1230. The molecule has 1 unspecified atom stereocenters. The maximum atomic E-state index is 6.28. The maximum absolute atomic E-state index is 6.28. The van der Waals surface area contributed by atoms with Crippen LogP contribution in [0.4, 0.5) is 0 Å². The molecule has 0 amide bonds. The molecule has 0 spiro atoms. The summed E-state index contributed by atoms with van der Waals surface area (Å²) in [6.45, 7) is 0. The van der Waals surface area contributed by atoms with Gasteiger partial charge in [0.2, 0.25) is 5.28 Å². The first-order valence-electron chi connectivity index (χ1n) is 8.39. The van der Waals surface area contributed by atoms with E-state index < -0.39 is 0 Å². The van der Waals surface area contributed by atoms with Gasteiger partial charge in [-0.3, -0.25) is 0 Å². The first kappa shape index (κ1) is 15.6. The molecule has 1 atom stereocenters. The Morgan fingerprint density at radius 1 is 0.692 bits per heavy atom. The minimum Gasteiger partial charge on any atom is -0.217 e. The molecule has 2 heterocycles. The van der Waals surface area contributed by atoms with Crippen LogP contribution in [0.2, 0.25) is 5.28 Å². The number of hydrogen-bond acceptors (Lipinski definition) is 2. The first-order valence-corrected chi connectivity index (χ1v) is 9.77. The van der Waals surface area contributed by atoms with Gasteiger partial charge in [0.25, 0.3) is 0 Å². The van der Waals surface area contributed by atoms with Crippen LogP contribution in [0.1, 0.15) is 0 Å². The van der Waals surface area contributed by atoms with Gasteiger partial charge in [0, 0.05) is 21.2 Å². The van der Waals surface area contributed by atoms with Crippen molar-refractivity contribution >= 4 is 40.9 Å². The van der Waals surface area contributed by atoms with Crippen LogP contribution in [0.15, 0.2) is 78.9 Å². The third kappa shape index (κ3) is 2.59. The zero-order valence-electron chi connectivity index (χ0n) is 13.8. The number of hydrogen-bond donors (Lipinski definition) is 0. The maximum Gasteiger partial charge on any atom is 0.223 e.